The molecule has 0 saturated heterocycles. The van der Waals surface area contributed by atoms with Crippen molar-refractivity contribution in [2.45, 2.75) is 20.5 Å². The van der Waals surface area contributed by atoms with Crippen LogP contribution in [0.4, 0.5) is 16.5 Å². The Morgan fingerprint density at radius 1 is 1.04 bits per heavy atom. The van der Waals surface area contributed by atoms with Crippen LogP contribution in [0.5, 0.6) is 11.5 Å². The number of thiazole rings is 1. The molecular formula is C33H28BrN5O5S. The van der Waals surface area contributed by atoms with E-state index in [4.69, 9.17) is 9.47 Å². The summed E-state index contributed by atoms with van der Waals surface area (Å²) in [6, 6.07) is 25.0. The lowest BCUT2D eigenvalue weighted by Crippen LogP contribution is -2.17. The predicted octanol–water partition coefficient (Wildman–Crippen LogP) is 8.27. The van der Waals surface area contributed by atoms with E-state index in [2.05, 4.69) is 36.8 Å². The van der Waals surface area contributed by atoms with Crippen molar-refractivity contribution in [3.8, 4) is 22.8 Å². The summed E-state index contributed by atoms with van der Waals surface area (Å²) in [5, 5.41) is 21.1. The Hall–Kier alpha value is -5.07. The molecule has 0 aliphatic carbocycles. The van der Waals surface area contributed by atoms with Gasteiger partial charge in [-0.2, -0.15) is 5.10 Å². The van der Waals surface area contributed by atoms with Crippen LogP contribution < -0.4 is 20.2 Å². The molecule has 0 radical (unpaired) electrons. The van der Waals surface area contributed by atoms with Crippen molar-refractivity contribution in [3.63, 3.8) is 0 Å². The van der Waals surface area contributed by atoms with Crippen LogP contribution in [-0.4, -0.2) is 28.6 Å². The first kappa shape index (κ1) is 31.4. The van der Waals surface area contributed by atoms with E-state index in [1.54, 1.807) is 36.4 Å². The number of hydrogen-bond acceptors (Lipinski definition) is 9. The molecule has 0 saturated carbocycles. The van der Waals surface area contributed by atoms with E-state index in [-0.39, 0.29) is 18.2 Å². The Balaban J connectivity index is 1.19. The lowest BCUT2D eigenvalue weighted by atomic mass is 10.1. The average Bonchev–Trinajstić information content (AvgIpc) is 3.50. The minimum Gasteiger partial charge on any atom is -0.490 e. The van der Waals surface area contributed by atoms with E-state index >= 15 is 0 Å². The number of amides is 1. The zero-order valence-corrected chi connectivity index (χ0v) is 26.7. The fourth-order valence-electron chi connectivity index (χ4n) is 4.18. The second-order valence-corrected chi connectivity index (χ2v) is 11.5. The van der Waals surface area contributed by atoms with Gasteiger partial charge in [-0.1, -0.05) is 29.8 Å². The van der Waals surface area contributed by atoms with Gasteiger partial charge in [0.25, 0.3) is 11.6 Å². The number of aromatic nitrogens is 1. The quantitative estimate of drug-likeness (QED) is 0.0768. The summed E-state index contributed by atoms with van der Waals surface area (Å²) in [7, 11) is 0. The molecule has 0 fully saturated rings. The molecule has 1 aromatic heterocycles. The number of anilines is 2. The minimum atomic E-state index is -0.447. The Morgan fingerprint density at radius 3 is 2.47 bits per heavy atom. The number of rotatable bonds is 12. The summed E-state index contributed by atoms with van der Waals surface area (Å²) in [6.07, 6.45) is 1.51. The van der Waals surface area contributed by atoms with Crippen molar-refractivity contribution < 1.29 is 19.2 Å². The fourth-order valence-corrected chi connectivity index (χ4v) is 5.50. The lowest BCUT2D eigenvalue weighted by molar-refractivity contribution is -0.384. The van der Waals surface area contributed by atoms with Crippen LogP contribution in [0.3, 0.4) is 0 Å². The van der Waals surface area contributed by atoms with Crippen molar-refractivity contribution >= 4 is 55.9 Å². The molecule has 0 atom stereocenters. The molecule has 1 heterocycles. The van der Waals surface area contributed by atoms with E-state index in [1.165, 1.54) is 35.2 Å². The number of nitrogens with zero attached hydrogens (tertiary/aromatic N) is 3. The Kier molecular flexibility index (Phi) is 10.2. The molecule has 0 unspecified atom stereocenters. The average molecular weight is 687 g/mol. The highest BCUT2D eigenvalue weighted by Crippen LogP contribution is 2.37. The van der Waals surface area contributed by atoms with Gasteiger partial charge in [-0.3, -0.25) is 14.9 Å². The maximum Gasteiger partial charge on any atom is 0.271 e. The van der Waals surface area contributed by atoms with Gasteiger partial charge in [0.1, 0.15) is 6.61 Å². The van der Waals surface area contributed by atoms with Crippen molar-refractivity contribution in [3.05, 3.63) is 127 Å². The highest BCUT2D eigenvalue weighted by atomic mass is 79.9. The first-order chi connectivity index (χ1) is 21.8. The van der Waals surface area contributed by atoms with Crippen LogP contribution in [-0.2, 0) is 6.61 Å². The number of aryl methyl sites for hydroxylation is 1. The topological polar surface area (TPSA) is 128 Å². The first-order valence-corrected chi connectivity index (χ1v) is 15.5. The monoisotopic (exact) mass is 685 g/mol. The number of nitrogens with one attached hydrogen (secondary N) is 2. The number of nitro benzene ring substituents is 1. The first-order valence-electron chi connectivity index (χ1n) is 13.8. The molecule has 0 spiro atoms. The van der Waals surface area contributed by atoms with E-state index in [1.807, 2.05) is 55.6 Å². The molecule has 4 aromatic carbocycles. The Bertz CT molecular complexity index is 1820. The molecule has 12 heteroatoms. The lowest BCUT2D eigenvalue weighted by Gasteiger charge is -2.14. The molecular weight excluding hydrogens is 658 g/mol. The molecule has 228 valence electrons. The van der Waals surface area contributed by atoms with Gasteiger partial charge in [0, 0.05) is 34.3 Å². The summed E-state index contributed by atoms with van der Waals surface area (Å²) >= 11 is 5.03. The molecule has 0 bridgehead atoms. The van der Waals surface area contributed by atoms with Crippen LogP contribution in [0.15, 0.2) is 99.9 Å². The molecule has 0 aliphatic heterocycles. The van der Waals surface area contributed by atoms with Crippen molar-refractivity contribution in [1.29, 1.82) is 0 Å². The minimum absolute atomic E-state index is 0.0133. The Morgan fingerprint density at radius 2 is 1.78 bits per heavy atom. The third-order valence-electron chi connectivity index (χ3n) is 6.49. The molecule has 5 rings (SSSR count). The van der Waals surface area contributed by atoms with Gasteiger partial charge in [-0.15, -0.1) is 11.3 Å². The second kappa shape index (κ2) is 14.6. The van der Waals surface area contributed by atoms with Gasteiger partial charge in [0.2, 0.25) is 0 Å². The van der Waals surface area contributed by atoms with Gasteiger partial charge in [0.15, 0.2) is 16.6 Å². The van der Waals surface area contributed by atoms with E-state index < -0.39 is 4.92 Å². The number of hydrazone groups is 1. The van der Waals surface area contributed by atoms with Gasteiger partial charge in [-0.05, 0) is 89.4 Å². The van der Waals surface area contributed by atoms with E-state index in [9.17, 15) is 14.9 Å². The number of hydrogen-bond donors (Lipinski definition) is 2. The zero-order valence-electron chi connectivity index (χ0n) is 24.3. The van der Waals surface area contributed by atoms with Crippen LogP contribution in [0.1, 0.15) is 34.0 Å². The maximum absolute atomic E-state index is 12.7. The SMILES string of the molecule is CCOc1cc(/C=N\NC(=O)c2ccc(-c3csc(Nc4ccc(C)cc4)n3)cc2)cc(Br)c1OCc1ccc([N+](=O)[O-])cc1. The van der Waals surface area contributed by atoms with E-state index in [0.29, 0.717) is 33.7 Å². The Labute approximate surface area is 272 Å². The molecule has 45 heavy (non-hydrogen) atoms. The molecule has 5 aromatic rings. The summed E-state index contributed by atoms with van der Waals surface area (Å²) in [5.74, 6) is 0.607. The third-order valence-corrected chi connectivity index (χ3v) is 7.84. The number of benzene rings is 4. The number of carbonyl (C=O) groups excluding carboxylic acids is 1. The molecule has 10 nitrogen and oxygen atoms in total. The van der Waals surface area contributed by atoms with Gasteiger partial charge < -0.3 is 14.8 Å². The van der Waals surface area contributed by atoms with Crippen LogP contribution in [0.2, 0.25) is 0 Å². The fraction of sp³-hybridized carbons (Fsp3) is 0.121. The molecule has 2 N–H and O–H groups in total. The maximum atomic E-state index is 12.7. The second-order valence-electron chi connectivity index (χ2n) is 9.78. The van der Waals surface area contributed by atoms with Crippen LogP contribution in [0, 0.1) is 17.0 Å². The predicted molar refractivity (Wildman–Crippen MR) is 180 cm³/mol. The summed E-state index contributed by atoms with van der Waals surface area (Å²) in [5.41, 5.74) is 8.34. The third kappa shape index (κ3) is 8.31. The van der Waals surface area contributed by atoms with Crippen molar-refractivity contribution in [2.24, 2.45) is 5.10 Å². The van der Waals surface area contributed by atoms with E-state index in [0.717, 1.165) is 27.6 Å². The standard InChI is InChI=1S/C33H28BrN5O5S/c1-3-43-30-17-23(16-28(34)31(30)44-19-22-6-14-27(15-7-22)39(41)42)18-35-38-32(40)25-10-8-24(9-11-25)29-20-45-33(37-29)36-26-12-4-21(2)5-13-26/h4-18,20H,3,19H2,1-2H3,(H,36,37)(H,38,40)/b35-18-. The number of carbonyl (C=O) groups is 1. The van der Waals surface area contributed by atoms with Crippen molar-refractivity contribution in [2.75, 3.05) is 11.9 Å². The smallest absolute Gasteiger partial charge is 0.271 e. The highest BCUT2D eigenvalue weighted by Gasteiger charge is 2.14. The number of halogens is 1. The van der Waals surface area contributed by atoms with Crippen LogP contribution in [0.25, 0.3) is 11.3 Å². The largest absolute Gasteiger partial charge is 0.490 e. The summed E-state index contributed by atoms with van der Waals surface area (Å²) < 4.78 is 12.4. The highest BCUT2D eigenvalue weighted by molar-refractivity contribution is 9.10. The number of non-ortho nitro benzene ring substituents is 1. The zero-order chi connectivity index (χ0) is 31.8. The summed E-state index contributed by atoms with van der Waals surface area (Å²) in [4.78, 5) is 27.9. The molecule has 0 aliphatic rings. The van der Waals surface area contributed by atoms with Crippen molar-refractivity contribution in [1.82, 2.24) is 10.4 Å². The number of ether oxygens (including phenoxy) is 2. The van der Waals surface area contributed by atoms with Crippen LogP contribution >= 0.6 is 27.3 Å². The number of nitro groups is 1. The summed E-state index contributed by atoms with van der Waals surface area (Å²) in [6.45, 7) is 4.49. The molecule has 1 amide bonds. The van der Waals surface area contributed by atoms with Gasteiger partial charge in [0.05, 0.1) is 27.9 Å². The van der Waals surface area contributed by atoms with Gasteiger partial charge >= 0.3 is 0 Å². The normalized spacial score (nSPS) is 10.9. The van der Waals surface area contributed by atoms with Gasteiger partial charge in [-0.25, -0.2) is 10.4 Å².